The molecule has 1 fully saturated rings. The predicted octanol–water partition coefficient (Wildman–Crippen LogP) is 4.56. The monoisotopic (exact) mass is 443 g/mol. The number of ether oxygens (including phenoxy) is 1. The van der Waals surface area contributed by atoms with Crippen LogP contribution < -0.4 is 4.90 Å². The van der Waals surface area contributed by atoms with E-state index in [0.29, 0.717) is 18.0 Å². The molecule has 1 saturated heterocycles. The van der Waals surface area contributed by atoms with E-state index in [0.717, 1.165) is 65.7 Å². The third-order valence-electron chi connectivity index (χ3n) is 5.29. The zero-order valence-electron chi connectivity index (χ0n) is 17.1. The van der Waals surface area contributed by atoms with Gasteiger partial charge in [0.25, 0.3) is 0 Å². The van der Waals surface area contributed by atoms with Gasteiger partial charge in [-0.1, -0.05) is 58.8 Å². The maximum atomic E-state index is 13.3. The van der Waals surface area contributed by atoms with Gasteiger partial charge >= 0.3 is 0 Å². The maximum Gasteiger partial charge on any atom is 0.233 e. The van der Waals surface area contributed by atoms with Gasteiger partial charge in [0.05, 0.1) is 29.4 Å². The molecule has 2 heterocycles. The number of para-hydroxylation sites is 1. The first kappa shape index (κ1) is 21.2. The molecule has 0 aliphatic carbocycles. The number of hydrogen-bond donors (Lipinski definition) is 0. The molecule has 0 radical (unpaired) electrons. The SMILES string of the molecule is Cc1cccc(CC(=O)N(CCCN2CCOCC2)c2nc3c(Cl)cccc3s2)c1. The summed E-state index contributed by atoms with van der Waals surface area (Å²) in [6.07, 6.45) is 1.26. The van der Waals surface area contributed by atoms with Gasteiger partial charge in [-0.15, -0.1) is 0 Å². The van der Waals surface area contributed by atoms with Gasteiger partial charge in [-0.25, -0.2) is 4.98 Å². The van der Waals surface area contributed by atoms with E-state index in [-0.39, 0.29) is 5.91 Å². The van der Waals surface area contributed by atoms with Gasteiger partial charge < -0.3 is 4.74 Å². The highest BCUT2D eigenvalue weighted by atomic mass is 35.5. The van der Waals surface area contributed by atoms with Crippen LogP contribution in [0.25, 0.3) is 10.2 Å². The largest absolute Gasteiger partial charge is 0.379 e. The number of nitrogens with zero attached hydrogens (tertiary/aromatic N) is 3. The van der Waals surface area contributed by atoms with Gasteiger partial charge in [0, 0.05) is 26.2 Å². The second kappa shape index (κ2) is 9.88. The molecular weight excluding hydrogens is 418 g/mol. The predicted molar refractivity (Wildman–Crippen MR) is 124 cm³/mol. The Hall–Kier alpha value is -1.99. The lowest BCUT2D eigenvalue weighted by atomic mass is 10.1. The molecule has 0 bridgehead atoms. The molecule has 158 valence electrons. The number of fused-ring (bicyclic) bond motifs is 1. The number of hydrogen-bond acceptors (Lipinski definition) is 5. The van der Waals surface area contributed by atoms with Crippen LogP contribution in [0.5, 0.6) is 0 Å². The number of carbonyl (C=O) groups excluding carboxylic acids is 1. The van der Waals surface area contributed by atoms with E-state index in [1.165, 1.54) is 11.3 Å². The number of aryl methyl sites for hydroxylation is 1. The summed E-state index contributed by atoms with van der Waals surface area (Å²) in [5, 5.41) is 1.34. The topological polar surface area (TPSA) is 45.7 Å². The Labute approximate surface area is 186 Å². The maximum absolute atomic E-state index is 13.3. The minimum absolute atomic E-state index is 0.0674. The van der Waals surface area contributed by atoms with E-state index in [1.54, 1.807) is 0 Å². The van der Waals surface area contributed by atoms with Crippen molar-refractivity contribution in [2.75, 3.05) is 44.3 Å². The molecule has 4 rings (SSSR count). The number of carbonyl (C=O) groups is 1. The Kier molecular flexibility index (Phi) is 7.00. The summed E-state index contributed by atoms with van der Waals surface area (Å²) in [5.41, 5.74) is 2.95. The van der Waals surface area contributed by atoms with E-state index in [2.05, 4.69) is 11.0 Å². The smallest absolute Gasteiger partial charge is 0.233 e. The van der Waals surface area contributed by atoms with E-state index >= 15 is 0 Å². The van der Waals surface area contributed by atoms with Gasteiger partial charge in [-0.05, 0) is 31.0 Å². The highest BCUT2D eigenvalue weighted by Crippen LogP contribution is 2.33. The van der Waals surface area contributed by atoms with Crippen LogP contribution in [0, 0.1) is 6.92 Å². The van der Waals surface area contributed by atoms with Crippen LogP contribution >= 0.6 is 22.9 Å². The zero-order valence-corrected chi connectivity index (χ0v) is 18.7. The van der Waals surface area contributed by atoms with Gasteiger partial charge in [-0.3, -0.25) is 14.6 Å². The summed E-state index contributed by atoms with van der Waals surface area (Å²) in [4.78, 5) is 22.2. The van der Waals surface area contributed by atoms with Crippen LogP contribution in [0.4, 0.5) is 5.13 Å². The average molecular weight is 444 g/mol. The minimum Gasteiger partial charge on any atom is -0.379 e. The Morgan fingerprint density at radius 2 is 2.03 bits per heavy atom. The molecule has 1 aromatic heterocycles. The number of aromatic nitrogens is 1. The number of rotatable bonds is 7. The molecule has 1 amide bonds. The van der Waals surface area contributed by atoms with E-state index in [4.69, 9.17) is 21.3 Å². The number of amides is 1. The fourth-order valence-corrected chi connectivity index (χ4v) is 5.02. The summed E-state index contributed by atoms with van der Waals surface area (Å²) in [6.45, 7) is 7.10. The van der Waals surface area contributed by atoms with Crippen molar-refractivity contribution in [3.8, 4) is 0 Å². The number of anilines is 1. The Morgan fingerprint density at radius 1 is 1.23 bits per heavy atom. The van der Waals surface area contributed by atoms with Crippen molar-refractivity contribution in [2.24, 2.45) is 0 Å². The van der Waals surface area contributed by atoms with Crippen LogP contribution in [-0.4, -0.2) is 55.2 Å². The Morgan fingerprint density at radius 3 is 2.80 bits per heavy atom. The van der Waals surface area contributed by atoms with Crippen molar-refractivity contribution < 1.29 is 9.53 Å². The summed E-state index contributed by atoms with van der Waals surface area (Å²) < 4.78 is 6.43. The summed E-state index contributed by atoms with van der Waals surface area (Å²) in [7, 11) is 0. The van der Waals surface area contributed by atoms with Crippen molar-refractivity contribution in [1.29, 1.82) is 0 Å². The van der Waals surface area contributed by atoms with Crippen LogP contribution in [0.1, 0.15) is 17.5 Å². The first-order valence-corrected chi connectivity index (χ1v) is 11.5. The minimum atomic E-state index is 0.0674. The van der Waals surface area contributed by atoms with Crippen molar-refractivity contribution in [3.05, 3.63) is 58.6 Å². The fraction of sp³-hybridized carbons (Fsp3) is 0.391. The first-order valence-electron chi connectivity index (χ1n) is 10.3. The lowest BCUT2D eigenvalue weighted by molar-refractivity contribution is -0.118. The Balaban J connectivity index is 1.53. The molecule has 2 aromatic carbocycles. The molecule has 7 heteroatoms. The van der Waals surface area contributed by atoms with Crippen LogP contribution in [0.2, 0.25) is 5.02 Å². The van der Waals surface area contributed by atoms with Crippen LogP contribution in [0.15, 0.2) is 42.5 Å². The average Bonchev–Trinajstić information content (AvgIpc) is 3.17. The highest BCUT2D eigenvalue weighted by molar-refractivity contribution is 7.22. The Bertz CT molecular complexity index is 1020. The highest BCUT2D eigenvalue weighted by Gasteiger charge is 2.21. The summed E-state index contributed by atoms with van der Waals surface area (Å²) >= 11 is 7.85. The lowest BCUT2D eigenvalue weighted by Gasteiger charge is -2.27. The molecule has 5 nitrogen and oxygen atoms in total. The zero-order chi connectivity index (χ0) is 20.9. The number of morpholine rings is 1. The third-order valence-corrected chi connectivity index (χ3v) is 6.64. The number of halogens is 1. The molecule has 1 aliphatic heterocycles. The second-order valence-electron chi connectivity index (χ2n) is 7.60. The van der Waals surface area contributed by atoms with Crippen molar-refractivity contribution >= 4 is 44.2 Å². The van der Waals surface area contributed by atoms with E-state index in [9.17, 15) is 4.79 Å². The van der Waals surface area contributed by atoms with Crippen molar-refractivity contribution in [1.82, 2.24) is 9.88 Å². The van der Waals surface area contributed by atoms with Crippen molar-refractivity contribution in [3.63, 3.8) is 0 Å². The standard InChI is InChI=1S/C23H26ClN3O2S/c1-17-5-2-6-18(15-17)16-21(28)27(10-4-9-26-11-13-29-14-12-26)23-25-22-19(24)7-3-8-20(22)30-23/h2-3,5-8,15H,4,9-14,16H2,1H3. The lowest BCUT2D eigenvalue weighted by Crippen LogP contribution is -2.39. The van der Waals surface area contributed by atoms with Gasteiger partial charge in [0.2, 0.25) is 5.91 Å². The molecule has 0 spiro atoms. The molecule has 30 heavy (non-hydrogen) atoms. The molecule has 0 atom stereocenters. The van der Waals surface area contributed by atoms with Crippen LogP contribution in [-0.2, 0) is 16.0 Å². The molecule has 3 aromatic rings. The molecule has 0 N–H and O–H groups in total. The van der Waals surface area contributed by atoms with Gasteiger partial charge in [-0.2, -0.15) is 0 Å². The molecule has 0 unspecified atom stereocenters. The van der Waals surface area contributed by atoms with E-state index < -0.39 is 0 Å². The molecule has 1 aliphatic rings. The van der Waals surface area contributed by atoms with Gasteiger partial charge in [0.15, 0.2) is 5.13 Å². The van der Waals surface area contributed by atoms with E-state index in [1.807, 2.05) is 48.2 Å². The van der Waals surface area contributed by atoms with Crippen LogP contribution in [0.3, 0.4) is 0 Å². The molecule has 0 saturated carbocycles. The quantitative estimate of drug-likeness (QED) is 0.537. The number of thiazole rings is 1. The summed E-state index contributed by atoms with van der Waals surface area (Å²) in [5.74, 6) is 0.0674. The third kappa shape index (κ3) is 5.19. The normalized spacial score (nSPS) is 14.9. The molecular formula is C23H26ClN3O2S. The second-order valence-corrected chi connectivity index (χ2v) is 9.02. The van der Waals surface area contributed by atoms with Gasteiger partial charge in [0.1, 0.15) is 5.52 Å². The number of benzene rings is 2. The first-order chi connectivity index (χ1) is 14.6. The summed E-state index contributed by atoms with van der Waals surface area (Å²) in [6, 6.07) is 13.9. The fourth-order valence-electron chi connectivity index (χ4n) is 3.72. The van der Waals surface area contributed by atoms with Crippen molar-refractivity contribution in [2.45, 2.75) is 19.8 Å².